The average Bonchev–Trinajstić information content (AvgIpc) is 2.28. The predicted octanol–water partition coefficient (Wildman–Crippen LogP) is 3.33. The third-order valence-corrected chi connectivity index (χ3v) is 4.26. The predicted molar refractivity (Wildman–Crippen MR) is 68.8 cm³/mol. The van der Waals surface area contributed by atoms with E-state index in [1.807, 2.05) is 6.92 Å². The SMILES string of the molecule is Cc1cc(C#N)nc(SC2CCCC(C)C2)n1. The van der Waals surface area contributed by atoms with Gasteiger partial charge < -0.3 is 0 Å². The summed E-state index contributed by atoms with van der Waals surface area (Å²) in [6.07, 6.45) is 5.13. The van der Waals surface area contributed by atoms with Crippen molar-refractivity contribution in [1.29, 1.82) is 5.26 Å². The molecule has 0 radical (unpaired) electrons. The van der Waals surface area contributed by atoms with Crippen LogP contribution in [0.1, 0.15) is 44.0 Å². The number of aromatic nitrogens is 2. The zero-order valence-electron chi connectivity index (χ0n) is 10.3. The van der Waals surface area contributed by atoms with Crippen molar-refractivity contribution in [2.24, 2.45) is 5.92 Å². The van der Waals surface area contributed by atoms with Gasteiger partial charge >= 0.3 is 0 Å². The Labute approximate surface area is 107 Å². The molecular weight excluding hydrogens is 230 g/mol. The first-order valence-corrected chi connectivity index (χ1v) is 6.98. The first kappa shape index (κ1) is 12.4. The molecule has 1 saturated carbocycles. The summed E-state index contributed by atoms with van der Waals surface area (Å²) >= 11 is 1.74. The van der Waals surface area contributed by atoms with Gasteiger partial charge in [-0.25, -0.2) is 9.97 Å². The molecule has 2 rings (SSSR count). The van der Waals surface area contributed by atoms with Gasteiger partial charge in [0, 0.05) is 10.9 Å². The summed E-state index contributed by atoms with van der Waals surface area (Å²) in [6, 6.07) is 3.82. The van der Waals surface area contributed by atoms with Crippen molar-refractivity contribution in [3.8, 4) is 6.07 Å². The molecule has 90 valence electrons. The molecule has 1 aliphatic rings. The largest absolute Gasteiger partial charge is 0.228 e. The summed E-state index contributed by atoms with van der Waals surface area (Å²) < 4.78 is 0. The van der Waals surface area contributed by atoms with Gasteiger partial charge in [-0.05, 0) is 31.7 Å². The van der Waals surface area contributed by atoms with Gasteiger partial charge in [-0.1, -0.05) is 31.5 Å². The normalized spacial score (nSPS) is 24.3. The fourth-order valence-corrected chi connectivity index (χ4v) is 3.64. The van der Waals surface area contributed by atoms with Crippen LogP contribution in [0.3, 0.4) is 0 Å². The molecule has 2 atom stereocenters. The van der Waals surface area contributed by atoms with Crippen LogP contribution in [-0.2, 0) is 0 Å². The van der Waals surface area contributed by atoms with Crippen molar-refractivity contribution in [1.82, 2.24) is 9.97 Å². The molecule has 1 aromatic heterocycles. The van der Waals surface area contributed by atoms with E-state index in [-0.39, 0.29) is 0 Å². The number of thioether (sulfide) groups is 1. The molecule has 0 aliphatic heterocycles. The molecule has 0 amide bonds. The third-order valence-electron chi connectivity index (χ3n) is 3.11. The van der Waals surface area contributed by atoms with Crippen LogP contribution in [0.2, 0.25) is 0 Å². The van der Waals surface area contributed by atoms with Crippen molar-refractivity contribution in [2.45, 2.75) is 49.9 Å². The van der Waals surface area contributed by atoms with Crippen LogP contribution in [0.25, 0.3) is 0 Å². The summed E-state index contributed by atoms with van der Waals surface area (Å²) in [5, 5.41) is 10.3. The van der Waals surface area contributed by atoms with Gasteiger partial charge in [0.1, 0.15) is 11.8 Å². The molecule has 1 aliphatic carbocycles. The number of nitriles is 1. The molecule has 17 heavy (non-hydrogen) atoms. The monoisotopic (exact) mass is 247 g/mol. The number of hydrogen-bond acceptors (Lipinski definition) is 4. The number of nitrogens with zero attached hydrogens (tertiary/aromatic N) is 3. The zero-order valence-corrected chi connectivity index (χ0v) is 11.1. The second-order valence-corrected chi connectivity index (χ2v) is 6.07. The van der Waals surface area contributed by atoms with Gasteiger partial charge in [-0.3, -0.25) is 0 Å². The van der Waals surface area contributed by atoms with Gasteiger partial charge in [0.15, 0.2) is 5.16 Å². The molecule has 0 saturated heterocycles. The number of rotatable bonds is 2. The van der Waals surface area contributed by atoms with E-state index >= 15 is 0 Å². The van der Waals surface area contributed by atoms with E-state index in [1.54, 1.807) is 17.8 Å². The van der Waals surface area contributed by atoms with E-state index in [4.69, 9.17) is 5.26 Å². The number of hydrogen-bond donors (Lipinski definition) is 0. The summed E-state index contributed by atoms with van der Waals surface area (Å²) in [5.41, 5.74) is 1.35. The van der Waals surface area contributed by atoms with Crippen LogP contribution in [0.5, 0.6) is 0 Å². The minimum Gasteiger partial charge on any atom is -0.228 e. The smallest absolute Gasteiger partial charge is 0.189 e. The van der Waals surface area contributed by atoms with Gasteiger partial charge in [0.05, 0.1) is 0 Å². The van der Waals surface area contributed by atoms with Crippen LogP contribution in [-0.4, -0.2) is 15.2 Å². The molecule has 3 nitrogen and oxygen atoms in total. The van der Waals surface area contributed by atoms with Crippen LogP contribution in [0, 0.1) is 24.2 Å². The molecule has 1 heterocycles. The van der Waals surface area contributed by atoms with Gasteiger partial charge in [-0.15, -0.1) is 0 Å². The van der Waals surface area contributed by atoms with Gasteiger partial charge in [-0.2, -0.15) is 5.26 Å². The summed E-state index contributed by atoms with van der Waals surface area (Å²) in [5.74, 6) is 0.807. The van der Waals surface area contributed by atoms with Crippen LogP contribution >= 0.6 is 11.8 Å². The van der Waals surface area contributed by atoms with Crippen LogP contribution in [0.4, 0.5) is 0 Å². The van der Waals surface area contributed by atoms with Gasteiger partial charge in [0.2, 0.25) is 0 Å². The molecule has 4 heteroatoms. The summed E-state index contributed by atoms with van der Waals surface area (Å²) in [6.45, 7) is 4.22. The fourth-order valence-electron chi connectivity index (χ4n) is 2.29. The minimum atomic E-state index is 0.476. The highest BCUT2D eigenvalue weighted by atomic mass is 32.2. The lowest BCUT2D eigenvalue weighted by molar-refractivity contribution is 0.394. The van der Waals surface area contributed by atoms with Crippen LogP contribution in [0.15, 0.2) is 11.2 Å². The zero-order chi connectivity index (χ0) is 12.3. The van der Waals surface area contributed by atoms with Crippen molar-refractivity contribution in [3.63, 3.8) is 0 Å². The molecule has 1 aromatic rings. The Morgan fingerprint density at radius 3 is 2.94 bits per heavy atom. The van der Waals surface area contributed by atoms with E-state index in [0.29, 0.717) is 10.9 Å². The lowest BCUT2D eigenvalue weighted by Gasteiger charge is -2.25. The van der Waals surface area contributed by atoms with Crippen LogP contribution < -0.4 is 0 Å². The molecule has 0 aromatic carbocycles. The fraction of sp³-hybridized carbons (Fsp3) is 0.615. The number of aryl methyl sites for hydroxylation is 1. The minimum absolute atomic E-state index is 0.476. The quantitative estimate of drug-likeness (QED) is 0.752. The maximum atomic E-state index is 8.88. The Morgan fingerprint density at radius 1 is 1.41 bits per heavy atom. The highest BCUT2D eigenvalue weighted by Crippen LogP contribution is 2.34. The second-order valence-electron chi connectivity index (χ2n) is 4.80. The lowest BCUT2D eigenvalue weighted by atomic mass is 9.91. The van der Waals surface area contributed by atoms with E-state index in [1.165, 1.54) is 25.7 Å². The second kappa shape index (κ2) is 5.50. The summed E-state index contributed by atoms with van der Waals surface area (Å²) in [4.78, 5) is 8.66. The maximum absolute atomic E-state index is 8.88. The maximum Gasteiger partial charge on any atom is 0.189 e. The third kappa shape index (κ3) is 3.44. The first-order valence-electron chi connectivity index (χ1n) is 6.10. The van der Waals surface area contributed by atoms with Crippen molar-refractivity contribution in [3.05, 3.63) is 17.5 Å². The van der Waals surface area contributed by atoms with E-state index in [0.717, 1.165) is 16.8 Å². The highest BCUT2D eigenvalue weighted by molar-refractivity contribution is 7.99. The Bertz CT molecular complexity index is 439. The highest BCUT2D eigenvalue weighted by Gasteiger charge is 2.21. The van der Waals surface area contributed by atoms with E-state index in [2.05, 4.69) is 23.0 Å². The Morgan fingerprint density at radius 2 is 2.24 bits per heavy atom. The molecule has 1 fully saturated rings. The molecular formula is C13H17N3S. The Kier molecular flexibility index (Phi) is 4.01. The van der Waals surface area contributed by atoms with E-state index < -0.39 is 0 Å². The Balaban J connectivity index is 2.07. The summed E-state index contributed by atoms with van der Waals surface area (Å²) in [7, 11) is 0. The topological polar surface area (TPSA) is 49.6 Å². The standard InChI is InChI=1S/C13H17N3S/c1-9-4-3-5-12(6-9)17-13-15-10(2)7-11(8-14)16-13/h7,9,12H,3-6H2,1-2H3. The van der Waals surface area contributed by atoms with Crippen molar-refractivity contribution >= 4 is 11.8 Å². The first-order chi connectivity index (χ1) is 8.17. The van der Waals surface area contributed by atoms with Gasteiger partial charge in [0.25, 0.3) is 0 Å². The molecule has 0 bridgehead atoms. The Hall–Kier alpha value is -1.08. The molecule has 2 unspecified atom stereocenters. The van der Waals surface area contributed by atoms with E-state index in [9.17, 15) is 0 Å². The molecule has 0 N–H and O–H groups in total. The average molecular weight is 247 g/mol. The molecule has 0 spiro atoms. The van der Waals surface area contributed by atoms with Crippen molar-refractivity contribution in [2.75, 3.05) is 0 Å². The van der Waals surface area contributed by atoms with Crippen molar-refractivity contribution < 1.29 is 0 Å². The lowest BCUT2D eigenvalue weighted by Crippen LogP contribution is -2.15.